The number of benzene rings is 1. The van der Waals surface area contributed by atoms with Gasteiger partial charge >= 0.3 is 0 Å². The molecule has 1 heterocycles. The molecule has 0 amide bonds. The summed E-state index contributed by atoms with van der Waals surface area (Å²) in [6.45, 7) is 0. The van der Waals surface area contributed by atoms with Crippen molar-refractivity contribution in [3.8, 4) is 23.1 Å². The molecule has 17 heavy (non-hydrogen) atoms. The van der Waals surface area contributed by atoms with Gasteiger partial charge in [0.15, 0.2) is 0 Å². The van der Waals surface area contributed by atoms with E-state index in [0.29, 0.717) is 16.5 Å². The first kappa shape index (κ1) is 11.4. The van der Waals surface area contributed by atoms with E-state index in [-0.39, 0.29) is 0 Å². The molecule has 0 N–H and O–H groups in total. The minimum absolute atomic E-state index is 0.478. The molecule has 3 nitrogen and oxygen atoms in total. The number of aromatic nitrogens is 1. The van der Waals surface area contributed by atoms with Crippen molar-refractivity contribution in [1.82, 2.24) is 4.98 Å². The summed E-state index contributed by atoms with van der Waals surface area (Å²) in [7, 11) is 1.54. The molecule has 0 spiro atoms. The topological polar surface area (TPSA) is 45.9 Å². The van der Waals surface area contributed by atoms with E-state index >= 15 is 0 Å². The molecule has 0 unspecified atom stereocenters. The minimum Gasteiger partial charge on any atom is -0.481 e. The van der Waals surface area contributed by atoms with Gasteiger partial charge < -0.3 is 4.74 Å². The summed E-state index contributed by atoms with van der Waals surface area (Å²) in [6.07, 6.45) is 1.64. The highest BCUT2D eigenvalue weighted by atomic mass is 35.5. The van der Waals surface area contributed by atoms with Gasteiger partial charge in [0.25, 0.3) is 0 Å². The van der Waals surface area contributed by atoms with E-state index in [1.165, 1.54) is 0 Å². The van der Waals surface area contributed by atoms with Crippen molar-refractivity contribution in [2.24, 2.45) is 0 Å². The summed E-state index contributed by atoms with van der Waals surface area (Å²) < 4.78 is 5.18. The van der Waals surface area contributed by atoms with Crippen LogP contribution in [-0.2, 0) is 0 Å². The lowest BCUT2D eigenvalue weighted by Crippen LogP contribution is -1.92. The van der Waals surface area contributed by atoms with Gasteiger partial charge in [0, 0.05) is 22.3 Å². The van der Waals surface area contributed by atoms with E-state index in [1.807, 2.05) is 6.07 Å². The second kappa shape index (κ2) is 4.86. The van der Waals surface area contributed by atoms with Crippen LogP contribution in [0.15, 0.2) is 36.5 Å². The zero-order valence-electron chi connectivity index (χ0n) is 9.14. The predicted octanol–water partition coefficient (Wildman–Crippen LogP) is 3.28. The fraction of sp³-hybridized carbons (Fsp3) is 0.0769. The van der Waals surface area contributed by atoms with Crippen LogP contribution in [-0.4, -0.2) is 12.1 Å². The molecule has 0 aliphatic carbocycles. The van der Waals surface area contributed by atoms with E-state index in [2.05, 4.69) is 11.1 Å². The average molecular weight is 245 g/mol. The third-order valence-electron chi connectivity index (χ3n) is 2.36. The highest BCUT2D eigenvalue weighted by Crippen LogP contribution is 2.31. The summed E-state index contributed by atoms with van der Waals surface area (Å²) in [6, 6.07) is 10.9. The van der Waals surface area contributed by atoms with Gasteiger partial charge in [-0.25, -0.2) is 4.98 Å². The van der Waals surface area contributed by atoms with E-state index in [9.17, 15) is 0 Å². The Hall–Kier alpha value is -2.05. The van der Waals surface area contributed by atoms with Crippen LogP contribution >= 0.6 is 11.6 Å². The van der Waals surface area contributed by atoms with Gasteiger partial charge in [-0.3, -0.25) is 0 Å². The van der Waals surface area contributed by atoms with Crippen LogP contribution in [0.4, 0.5) is 0 Å². The van der Waals surface area contributed by atoms with Gasteiger partial charge in [-0.15, -0.1) is 0 Å². The van der Waals surface area contributed by atoms with Crippen LogP contribution in [0.2, 0.25) is 5.02 Å². The zero-order valence-corrected chi connectivity index (χ0v) is 9.90. The normalized spacial score (nSPS) is 9.71. The Morgan fingerprint density at radius 1 is 1.29 bits per heavy atom. The van der Waals surface area contributed by atoms with E-state index in [4.69, 9.17) is 21.6 Å². The van der Waals surface area contributed by atoms with Crippen LogP contribution in [0.3, 0.4) is 0 Å². The van der Waals surface area contributed by atoms with E-state index < -0.39 is 0 Å². The van der Waals surface area contributed by atoms with Crippen molar-refractivity contribution in [3.63, 3.8) is 0 Å². The highest BCUT2D eigenvalue weighted by molar-refractivity contribution is 6.31. The second-order valence-corrected chi connectivity index (χ2v) is 3.80. The van der Waals surface area contributed by atoms with E-state index in [0.717, 1.165) is 11.1 Å². The number of nitrogens with zero attached hydrogens (tertiary/aromatic N) is 2. The first-order chi connectivity index (χ1) is 8.26. The van der Waals surface area contributed by atoms with Gasteiger partial charge in [-0.1, -0.05) is 11.6 Å². The molecule has 84 valence electrons. The molecule has 0 saturated carbocycles. The van der Waals surface area contributed by atoms with Gasteiger partial charge in [-0.05, 0) is 30.3 Å². The largest absolute Gasteiger partial charge is 0.481 e. The Morgan fingerprint density at radius 2 is 2.12 bits per heavy atom. The molecular formula is C13H9ClN2O. The number of ether oxygens (including phenoxy) is 1. The van der Waals surface area contributed by atoms with Crippen LogP contribution in [0, 0.1) is 11.3 Å². The minimum atomic E-state index is 0.478. The standard InChI is InChI=1S/C13H9ClN2O/c1-17-13-11(3-2-6-16-13)12-7-10(14)5-4-9(12)8-15/h2-7H,1H3. The fourth-order valence-electron chi connectivity index (χ4n) is 1.60. The molecule has 0 atom stereocenters. The lowest BCUT2D eigenvalue weighted by atomic mass is 10.0. The van der Waals surface area contributed by atoms with Crippen molar-refractivity contribution in [3.05, 3.63) is 47.1 Å². The lowest BCUT2D eigenvalue weighted by molar-refractivity contribution is 0.399. The predicted molar refractivity (Wildman–Crippen MR) is 66.0 cm³/mol. The molecule has 0 aliphatic heterocycles. The SMILES string of the molecule is COc1ncccc1-c1cc(Cl)ccc1C#N. The Balaban J connectivity index is 2.68. The first-order valence-corrected chi connectivity index (χ1v) is 5.33. The molecule has 0 saturated heterocycles. The molecule has 0 fully saturated rings. The molecule has 0 bridgehead atoms. The van der Waals surface area contributed by atoms with Gasteiger partial charge in [0.05, 0.1) is 18.7 Å². The van der Waals surface area contributed by atoms with Crippen LogP contribution in [0.1, 0.15) is 5.56 Å². The quantitative estimate of drug-likeness (QED) is 0.814. The summed E-state index contributed by atoms with van der Waals surface area (Å²) >= 11 is 5.95. The summed E-state index contributed by atoms with van der Waals surface area (Å²) in [5, 5.41) is 9.65. The maximum absolute atomic E-state index is 9.08. The van der Waals surface area contributed by atoms with Crippen molar-refractivity contribution in [2.75, 3.05) is 7.11 Å². The fourth-order valence-corrected chi connectivity index (χ4v) is 1.77. The molecular weight excluding hydrogens is 236 g/mol. The van der Waals surface area contributed by atoms with Crippen LogP contribution < -0.4 is 4.74 Å². The number of methoxy groups -OCH3 is 1. The Morgan fingerprint density at radius 3 is 2.82 bits per heavy atom. The molecule has 2 aromatic rings. The van der Waals surface area contributed by atoms with Crippen LogP contribution in [0.5, 0.6) is 5.88 Å². The van der Waals surface area contributed by atoms with Gasteiger partial charge in [0.1, 0.15) is 0 Å². The van der Waals surface area contributed by atoms with Crippen molar-refractivity contribution in [2.45, 2.75) is 0 Å². The smallest absolute Gasteiger partial charge is 0.221 e. The zero-order chi connectivity index (χ0) is 12.3. The summed E-state index contributed by atoms with van der Waals surface area (Å²) in [4.78, 5) is 4.10. The van der Waals surface area contributed by atoms with Gasteiger partial charge in [-0.2, -0.15) is 5.26 Å². The van der Waals surface area contributed by atoms with Crippen molar-refractivity contribution < 1.29 is 4.74 Å². The lowest BCUT2D eigenvalue weighted by Gasteiger charge is -2.08. The number of pyridine rings is 1. The Kier molecular flexibility index (Phi) is 3.27. The Labute approximate surface area is 104 Å². The molecule has 1 aromatic carbocycles. The Bertz CT molecular complexity index is 590. The van der Waals surface area contributed by atoms with Crippen LogP contribution in [0.25, 0.3) is 11.1 Å². The average Bonchev–Trinajstić information content (AvgIpc) is 2.38. The number of rotatable bonds is 2. The van der Waals surface area contributed by atoms with E-state index in [1.54, 1.807) is 37.6 Å². The summed E-state index contributed by atoms with van der Waals surface area (Å²) in [5.41, 5.74) is 2.03. The molecule has 4 heteroatoms. The molecule has 0 aliphatic rings. The highest BCUT2D eigenvalue weighted by Gasteiger charge is 2.11. The third-order valence-corrected chi connectivity index (χ3v) is 2.59. The number of hydrogen-bond donors (Lipinski definition) is 0. The number of hydrogen-bond acceptors (Lipinski definition) is 3. The maximum atomic E-state index is 9.08. The molecule has 2 rings (SSSR count). The number of halogens is 1. The van der Waals surface area contributed by atoms with Gasteiger partial charge in [0.2, 0.25) is 5.88 Å². The maximum Gasteiger partial charge on any atom is 0.221 e. The summed E-state index contributed by atoms with van der Waals surface area (Å²) in [5.74, 6) is 0.478. The monoisotopic (exact) mass is 244 g/mol. The second-order valence-electron chi connectivity index (χ2n) is 3.36. The molecule has 0 radical (unpaired) electrons. The first-order valence-electron chi connectivity index (χ1n) is 4.95. The number of nitriles is 1. The third kappa shape index (κ3) is 2.22. The molecule has 1 aromatic heterocycles. The van der Waals surface area contributed by atoms with Crippen molar-refractivity contribution in [1.29, 1.82) is 5.26 Å². The van der Waals surface area contributed by atoms with Crippen molar-refractivity contribution >= 4 is 11.6 Å².